The van der Waals surface area contributed by atoms with Gasteiger partial charge in [0.25, 0.3) is 5.91 Å². The number of carbonyl (C=O) groups excluding carboxylic acids is 2. The number of benzene rings is 2. The monoisotopic (exact) mass is 367 g/mol. The lowest BCUT2D eigenvalue weighted by molar-refractivity contribution is 0.101. The zero-order valence-electron chi connectivity index (χ0n) is 14.3. The van der Waals surface area contributed by atoms with Crippen LogP contribution < -0.4 is 10.6 Å². The molecule has 0 radical (unpaired) electrons. The van der Waals surface area contributed by atoms with Crippen LogP contribution >= 0.6 is 0 Å². The normalized spacial score (nSPS) is 10.3. The van der Waals surface area contributed by atoms with Gasteiger partial charge in [0.2, 0.25) is 0 Å². The van der Waals surface area contributed by atoms with Crippen LogP contribution in [0.3, 0.4) is 0 Å². The number of carbonyl (C=O) groups is 2. The Morgan fingerprint density at radius 1 is 0.852 bits per heavy atom. The minimum absolute atomic E-state index is 0.0589. The molecular formula is C20H15F2N3O2. The molecule has 0 aliphatic rings. The van der Waals surface area contributed by atoms with Gasteiger partial charge in [0.05, 0.1) is 17.4 Å². The van der Waals surface area contributed by atoms with Crippen LogP contribution in [-0.4, -0.2) is 16.7 Å². The molecule has 0 saturated heterocycles. The second kappa shape index (κ2) is 7.74. The molecule has 0 spiro atoms. The van der Waals surface area contributed by atoms with E-state index in [4.69, 9.17) is 0 Å². The Hall–Kier alpha value is -3.61. The number of hydrogen-bond acceptors (Lipinski definition) is 4. The first-order valence-electron chi connectivity index (χ1n) is 8.02. The number of nitrogens with zero attached hydrogens (tertiary/aromatic N) is 1. The molecule has 3 rings (SSSR count). The number of nitrogens with one attached hydrogen (secondary N) is 2. The summed E-state index contributed by atoms with van der Waals surface area (Å²) in [4.78, 5) is 27.8. The SMILES string of the molecule is CC(=O)c1cccc(Nc2cncc(C(=O)Nc3ccc(F)c(F)c3)c2)c1. The van der Waals surface area contributed by atoms with Gasteiger partial charge in [-0.05, 0) is 37.3 Å². The lowest BCUT2D eigenvalue weighted by Crippen LogP contribution is -2.12. The molecule has 3 aromatic rings. The third-order valence-electron chi connectivity index (χ3n) is 3.74. The van der Waals surface area contributed by atoms with Gasteiger partial charge in [-0.25, -0.2) is 8.78 Å². The van der Waals surface area contributed by atoms with Gasteiger partial charge in [0.1, 0.15) is 0 Å². The van der Waals surface area contributed by atoms with Gasteiger partial charge in [-0.15, -0.1) is 0 Å². The fraction of sp³-hybridized carbons (Fsp3) is 0.0500. The number of pyridine rings is 1. The Labute approximate surface area is 154 Å². The van der Waals surface area contributed by atoms with Crippen molar-refractivity contribution in [3.8, 4) is 0 Å². The Bertz CT molecular complexity index is 1020. The quantitative estimate of drug-likeness (QED) is 0.649. The fourth-order valence-corrected chi connectivity index (χ4v) is 2.39. The Morgan fingerprint density at radius 3 is 2.37 bits per heavy atom. The lowest BCUT2D eigenvalue weighted by atomic mass is 10.1. The molecule has 2 aromatic carbocycles. The maximum Gasteiger partial charge on any atom is 0.257 e. The van der Waals surface area contributed by atoms with E-state index in [1.807, 2.05) is 0 Å². The molecule has 0 atom stereocenters. The van der Waals surface area contributed by atoms with Crippen molar-refractivity contribution in [3.63, 3.8) is 0 Å². The zero-order valence-corrected chi connectivity index (χ0v) is 14.3. The van der Waals surface area contributed by atoms with E-state index in [9.17, 15) is 18.4 Å². The maximum absolute atomic E-state index is 13.3. The van der Waals surface area contributed by atoms with Crippen LogP contribution in [-0.2, 0) is 0 Å². The van der Waals surface area contributed by atoms with E-state index >= 15 is 0 Å². The third-order valence-corrected chi connectivity index (χ3v) is 3.74. The summed E-state index contributed by atoms with van der Waals surface area (Å²) in [5.41, 5.74) is 2.12. The molecule has 0 bridgehead atoms. The summed E-state index contributed by atoms with van der Waals surface area (Å²) in [6.45, 7) is 1.48. The molecule has 27 heavy (non-hydrogen) atoms. The maximum atomic E-state index is 13.3. The Morgan fingerprint density at radius 2 is 1.63 bits per heavy atom. The van der Waals surface area contributed by atoms with E-state index in [1.54, 1.807) is 30.3 Å². The summed E-state index contributed by atoms with van der Waals surface area (Å²) in [5.74, 6) is -2.62. The number of rotatable bonds is 5. The highest BCUT2D eigenvalue weighted by molar-refractivity contribution is 6.04. The van der Waals surface area contributed by atoms with Crippen LogP contribution in [0.2, 0.25) is 0 Å². The molecule has 7 heteroatoms. The van der Waals surface area contributed by atoms with Crippen molar-refractivity contribution >= 4 is 28.8 Å². The smallest absolute Gasteiger partial charge is 0.257 e. The summed E-state index contributed by atoms with van der Waals surface area (Å²) < 4.78 is 26.2. The fourth-order valence-electron chi connectivity index (χ4n) is 2.39. The molecule has 1 heterocycles. The zero-order chi connectivity index (χ0) is 19.4. The van der Waals surface area contributed by atoms with Crippen molar-refractivity contribution in [2.75, 3.05) is 10.6 Å². The van der Waals surface area contributed by atoms with E-state index < -0.39 is 17.5 Å². The van der Waals surface area contributed by atoms with Gasteiger partial charge < -0.3 is 10.6 Å². The molecular weight excluding hydrogens is 352 g/mol. The van der Waals surface area contributed by atoms with Crippen molar-refractivity contribution in [3.05, 3.63) is 83.7 Å². The summed E-state index contributed by atoms with van der Waals surface area (Å²) in [7, 11) is 0. The predicted octanol–water partition coefficient (Wildman–Crippen LogP) is 4.56. The first-order chi connectivity index (χ1) is 12.9. The largest absolute Gasteiger partial charge is 0.354 e. The van der Waals surface area contributed by atoms with E-state index in [-0.39, 0.29) is 17.0 Å². The number of halogens is 2. The minimum Gasteiger partial charge on any atom is -0.354 e. The number of aromatic nitrogens is 1. The molecule has 1 aromatic heterocycles. The van der Waals surface area contributed by atoms with E-state index in [2.05, 4.69) is 15.6 Å². The second-order valence-electron chi connectivity index (χ2n) is 5.81. The third kappa shape index (κ3) is 4.52. The molecule has 0 unspecified atom stereocenters. The van der Waals surface area contributed by atoms with Crippen molar-refractivity contribution in [2.24, 2.45) is 0 Å². The lowest BCUT2D eigenvalue weighted by Gasteiger charge is -2.09. The summed E-state index contributed by atoms with van der Waals surface area (Å²) in [5, 5.41) is 5.55. The van der Waals surface area contributed by atoms with Crippen LogP contribution in [0.1, 0.15) is 27.6 Å². The van der Waals surface area contributed by atoms with Crippen molar-refractivity contribution in [2.45, 2.75) is 6.92 Å². The van der Waals surface area contributed by atoms with Gasteiger partial charge in [-0.2, -0.15) is 0 Å². The Balaban J connectivity index is 1.76. The van der Waals surface area contributed by atoms with Crippen LogP contribution in [0, 0.1) is 11.6 Å². The first-order valence-corrected chi connectivity index (χ1v) is 8.02. The van der Waals surface area contributed by atoms with E-state index in [1.165, 1.54) is 25.4 Å². The molecule has 0 aliphatic heterocycles. The summed E-state index contributed by atoms with van der Waals surface area (Å²) in [6.07, 6.45) is 2.88. The second-order valence-corrected chi connectivity index (χ2v) is 5.81. The first kappa shape index (κ1) is 18.2. The van der Waals surface area contributed by atoms with E-state index in [0.717, 1.165) is 12.1 Å². The van der Waals surface area contributed by atoms with E-state index in [0.29, 0.717) is 16.9 Å². The highest BCUT2D eigenvalue weighted by Gasteiger charge is 2.10. The van der Waals surface area contributed by atoms with Gasteiger partial charge in [-0.3, -0.25) is 14.6 Å². The summed E-state index contributed by atoms with van der Waals surface area (Å²) >= 11 is 0. The number of amides is 1. The molecule has 5 nitrogen and oxygen atoms in total. The predicted molar refractivity (Wildman–Crippen MR) is 98.3 cm³/mol. The standard InChI is InChI=1S/C20H15F2N3O2/c1-12(26)13-3-2-4-15(7-13)24-17-8-14(10-23-11-17)20(27)25-16-5-6-18(21)19(22)9-16/h2-11,24H,1H3,(H,25,27). The average molecular weight is 367 g/mol. The molecule has 136 valence electrons. The van der Waals surface area contributed by atoms with Gasteiger partial charge in [0, 0.05) is 29.2 Å². The van der Waals surface area contributed by atoms with Gasteiger partial charge in [0.15, 0.2) is 17.4 Å². The number of hydrogen-bond donors (Lipinski definition) is 2. The topological polar surface area (TPSA) is 71.1 Å². The van der Waals surface area contributed by atoms with Crippen LogP contribution in [0.5, 0.6) is 0 Å². The van der Waals surface area contributed by atoms with Crippen molar-refractivity contribution < 1.29 is 18.4 Å². The molecule has 0 fully saturated rings. The number of ketones is 1. The summed E-state index contributed by atoms with van der Waals surface area (Å²) in [6, 6.07) is 11.6. The van der Waals surface area contributed by atoms with Gasteiger partial charge >= 0.3 is 0 Å². The number of Topliss-reactive ketones (excluding diaryl/α,β-unsaturated/α-hetero) is 1. The Kier molecular flexibility index (Phi) is 5.21. The average Bonchev–Trinajstić information content (AvgIpc) is 2.65. The van der Waals surface area contributed by atoms with Crippen LogP contribution in [0.4, 0.5) is 25.8 Å². The van der Waals surface area contributed by atoms with Crippen LogP contribution in [0.25, 0.3) is 0 Å². The highest BCUT2D eigenvalue weighted by atomic mass is 19.2. The molecule has 0 aliphatic carbocycles. The van der Waals surface area contributed by atoms with Gasteiger partial charge in [-0.1, -0.05) is 12.1 Å². The van der Waals surface area contributed by atoms with Crippen molar-refractivity contribution in [1.82, 2.24) is 4.98 Å². The molecule has 1 amide bonds. The molecule has 2 N–H and O–H groups in total. The van der Waals surface area contributed by atoms with Crippen LogP contribution in [0.15, 0.2) is 60.9 Å². The highest BCUT2D eigenvalue weighted by Crippen LogP contribution is 2.19. The minimum atomic E-state index is -1.05. The molecule has 0 saturated carbocycles. The number of anilines is 3. The van der Waals surface area contributed by atoms with Crippen molar-refractivity contribution in [1.29, 1.82) is 0 Å².